The first-order valence-electron chi connectivity index (χ1n) is 9.82. The Labute approximate surface area is 194 Å². The molecule has 1 aromatic carbocycles. The summed E-state index contributed by atoms with van der Waals surface area (Å²) in [6.07, 6.45) is 2.73. The number of halogens is 2. The maximum atomic E-state index is 12.3. The summed E-state index contributed by atoms with van der Waals surface area (Å²) in [7, 11) is 1.76. The van der Waals surface area contributed by atoms with E-state index >= 15 is 0 Å². The molecule has 2 unspecified atom stereocenters. The second kappa shape index (κ2) is 11.9. The SMILES string of the molecule is CN=C(NCCC(=O)Nc1cccc(Cl)c1C)N1CCOC(C2CCCO2)C1.I. The van der Waals surface area contributed by atoms with E-state index in [1.165, 1.54) is 0 Å². The lowest BCUT2D eigenvalue weighted by atomic mass is 10.1. The molecule has 29 heavy (non-hydrogen) atoms. The van der Waals surface area contributed by atoms with Crippen LogP contribution < -0.4 is 10.6 Å². The van der Waals surface area contributed by atoms with Crippen molar-refractivity contribution in [2.45, 2.75) is 38.4 Å². The van der Waals surface area contributed by atoms with Gasteiger partial charge in [-0.2, -0.15) is 0 Å². The lowest BCUT2D eigenvalue weighted by Crippen LogP contribution is -2.53. The van der Waals surface area contributed by atoms with Crippen LogP contribution in [0.3, 0.4) is 0 Å². The van der Waals surface area contributed by atoms with Gasteiger partial charge in [-0.1, -0.05) is 17.7 Å². The van der Waals surface area contributed by atoms with E-state index in [4.69, 9.17) is 21.1 Å². The number of benzene rings is 1. The fourth-order valence-electron chi connectivity index (χ4n) is 3.56. The summed E-state index contributed by atoms with van der Waals surface area (Å²) in [6, 6.07) is 5.49. The van der Waals surface area contributed by atoms with Crippen LogP contribution in [0.25, 0.3) is 0 Å². The number of carbonyl (C=O) groups excluding carboxylic acids is 1. The second-order valence-corrected chi connectivity index (χ2v) is 7.50. The maximum Gasteiger partial charge on any atom is 0.226 e. The van der Waals surface area contributed by atoms with Gasteiger partial charge in [0.05, 0.1) is 12.7 Å². The van der Waals surface area contributed by atoms with Gasteiger partial charge in [-0.15, -0.1) is 24.0 Å². The summed E-state index contributed by atoms with van der Waals surface area (Å²) in [5.41, 5.74) is 1.62. The number of carbonyl (C=O) groups is 1. The van der Waals surface area contributed by atoms with Gasteiger partial charge in [0.15, 0.2) is 5.96 Å². The number of hydrogen-bond acceptors (Lipinski definition) is 4. The van der Waals surface area contributed by atoms with Crippen LogP contribution in [0.5, 0.6) is 0 Å². The standard InChI is InChI=1S/C20H29ClN4O3.HI/c1-14-15(21)5-3-6-16(14)24-19(26)8-9-23-20(22-2)25-10-12-28-18(13-25)17-7-4-11-27-17;/h3,5-6,17-18H,4,7-13H2,1-2H3,(H,22,23)(H,24,26);1H. The Balaban J connectivity index is 0.00000300. The Morgan fingerprint density at radius 2 is 2.10 bits per heavy atom. The maximum absolute atomic E-state index is 12.3. The second-order valence-electron chi connectivity index (χ2n) is 7.09. The number of morpholine rings is 1. The highest BCUT2D eigenvalue weighted by atomic mass is 127. The van der Waals surface area contributed by atoms with Gasteiger partial charge < -0.3 is 25.0 Å². The first-order valence-corrected chi connectivity index (χ1v) is 10.2. The van der Waals surface area contributed by atoms with Crippen molar-refractivity contribution < 1.29 is 14.3 Å². The number of hydrogen-bond donors (Lipinski definition) is 2. The van der Waals surface area contributed by atoms with Gasteiger partial charge in [-0.25, -0.2) is 0 Å². The third-order valence-electron chi connectivity index (χ3n) is 5.16. The normalized spacial score (nSPS) is 22.2. The molecule has 2 aliphatic heterocycles. The molecule has 2 atom stereocenters. The Bertz CT molecular complexity index is 713. The number of guanidine groups is 1. The van der Waals surface area contributed by atoms with Crippen LogP contribution in [0.4, 0.5) is 5.69 Å². The Hall–Kier alpha value is -1.10. The molecule has 162 valence electrons. The molecule has 7 nitrogen and oxygen atoms in total. The largest absolute Gasteiger partial charge is 0.375 e. The van der Waals surface area contributed by atoms with E-state index in [1.807, 2.05) is 25.1 Å². The van der Waals surface area contributed by atoms with E-state index in [0.717, 1.165) is 49.7 Å². The highest BCUT2D eigenvalue weighted by molar-refractivity contribution is 14.0. The van der Waals surface area contributed by atoms with Gasteiger partial charge in [0.2, 0.25) is 5.91 Å². The van der Waals surface area contributed by atoms with Gasteiger partial charge >= 0.3 is 0 Å². The molecule has 1 amide bonds. The molecule has 9 heteroatoms. The van der Waals surface area contributed by atoms with Crippen LogP contribution in [0, 0.1) is 6.92 Å². The molecule has 0 aliphatic carbocycles. The monoisotopic (exact) mass is 536 g/mol. The van der Waals surface area contributed by atoms with Crippen molar-refractivity contribution in [2.75, 3.05) is 45.2 Å². The molecule has 2 fully saturated rings. The van der Waals surface area contributed by atoms with Crippen LogP contribution in [0.1, 0.15) is 24.8 Å². The lowest BCUT2D eigenvalue weighted by molar-refractivity contribution is -0.116. The number of amides is 1. The molecule has 1 aromatic rings. The van der Waals surface area contributed by atoms with Crippen molar-refractivity contribution in [3.05, 3.63) is 28.8 Å². The molecule has 0 spiro atoms. The van der Waals surface area contributed by atoms with Gasteiger partial charge in [-0.3, -0.25) is 9.79 Å². The zero-order valence-corrected chi connectivity index (χ0v) is 20.0. The van der Waals surface area contributed by atoms with Crippen molar-refractivity contribution >= 4 is 53.1 Å². The highest BCUT2D eigenvalue weighted by Crippen LogP contribution is 2.23. The van der Waals surface area contributed by atoms with Crippen molar-refractivity contribution in [1.82, 2.24) is 10.2 Å². The zero-order valence-electron chi connectivity index (χ0n) is 16.9. The summed E-state index contributed by atoms with van der Waals surface area (Å²) >= 11 is 6.10. The van der Waals surface area contributed by atoms with Crippen LogP contribution >= 0.6 is 35.6 Å². The number of nitrogens with zero attached hydrogens (tertiary/aromatic N) is 2. The van der Waals surface area contributed by atoms with Gasteiger partial charge in [0, 0.05) is 50.4 Å². The minimum absolute atomic E-state index is 0. The number of aliphatic imine (C=N–C) groups is 1. The summed E-state index contributed by atoms with van der Waals surface area (Å²) in [5, 5.41) is 6.84. The number of nitrogens with one attached hydrogen (secondary N) is 2. The average Bonchev–Trinajstić information content (AvgIpc) is 3.24. The van der Waals surface area contributed by atoms with Crippen molar-refractivity contribution in [3.8, 4) is 0 Å². The predicted octanol–water partition coefficient (Wildman–Crippen LogP) is 3.05. The van der Waals surface area contributed by atoms with Crippen LogP contribution in [-0.2, 0) is 14.3 Å². The molecule has 0 radical (unpaired) electrons. The molecule has 2 saturated heterocycles. The van der Waals surface area contributed by atoms with E-state index in [1.54, 1.807) is 7.05 Å². The average molecular weight is 537 g/mol. The van der Waals surface area contributed by atoms with Crippen molar-refractivity contribution in [3.63, 3.8) is 0 Å². The minimum atomic E-state index is -0.0625. The van der Waals surface area contributed by atoms with Crippen molar-refractivity contribution in [1.29, 1.82) is 0 Å². The third kappa shape index (κ3) is 6.70. The van der Waals surface area contributed by atoms with E-state index in [9.17, 15) is 4.79 Å². The molecular formula is C20H30ClIN4O3. The quantitative estimate of drug-likeness (QED) is 0.344. The molecular weight excluding hydrogens is 507 g/mol. The fraction of sp³-hybridized carbons (Fsp3) is 0.600. The summed E-state index contributed by atoms with van der Waals surface area (Å²) in [6.45, 7) is 5.38. The molecule has 0 aromatic heterocycles. The van der Waals surface area contributed by atoms with Crippen LogP contribution in [-0.4, -0.2) is 68.9 Å². The van der Waals surface area contributed by atoms with E-state index in [-0.39, 0.29) is 42.1 Å². The topological polar surface area (TPSA) is 75.2 Å². The number of ether oxygens (including phenoxy) is 2. The summed E-state index contributed by atoms with van der Waals surface area (Å²) in [4.78, 5) is 18.8. The first-order chi connectivity index (χ1) is 13.6. The first kappa shape index (κ1) is 24.2. The number of rotatable bonds is 5. The van der Waals surface area contributed by atoms with Crippen LogP contribution in [0.2, 0.25) is 5.02 Å². The van der Waals surface area contributed by atoms with Crippen LogP contribution in [0.15, 0.2) is 23.2 Å². The zero-order chi connectivity index (χ0) is 19.9. The van der Waals surface area contributed by atoms with E-state index in [2.05, 4.69) is 20.5 Å². The molecule has 3 rings (SSSR count). The summed E-state index contributed by atoms with van der Waals surface area (Å²) in [5.74, 6) is 0.727. The Morgan fingerprint density at radius 3 is 2.83 bits per heavy atom. The fourth-order valence-corrected chi connectivity index (χ4v) is 3.74. The predicted molar refractivity (Wildman–Crippen MR) is 126 cm³/mol. The third-order valence-corrected chi connectivity index (χ3v) is 5.57. The van der Waals surface area contributed by atoms with Gasteiger partial charge in [0.1, 0.15) is 6.10 Å². The molecule has 0 bridgehead atoms. The molecule has 0 saturated carbocycles. The van der Waals surface area contributed by atoms with Gasteiger partial charge in [-0.05, 0) is 37.5 Å². The highest BCUT2D eigenvalue weighted by Gasteiger charge is 2.32. The van der Waals surface area contributed by atoms with Crippen molar-refractivity contribution in [2.24, 2.45) is 4.99 Å². The lowest BCUT2D eigenvalue weighted by Gasteiger charge is -2.37. The number of anilines is 1. The molecule has 2 N–H and O–H groups in total. The Kier molecular flexibility index (Phi) is 9.94. The smallest absolute Gasteiger partial charge is 0.226 e. The molecule has 2 aliphatic rings. The molecule has 2 heterocycles. The van der Waals surface area contributed by atoms with E-state index in [0.29, 0.717) is 24.6 Å². The Morgan fingerprint density at radius 1 is 1.31 bits per heavy atom. The minimum Gasteiger partial charge on any atom is -0.375 e. The van der Waals surface area contributed by atoms with Gasteiger partial charge in [0.25, 0.3) is 0 Å². The van der Waals surface area contributed by atoms with E-state index < -0.39 is 0 Å². The summed E-state index contributed by atoms with van der Waals surface area (Å²) < 4.78 is 11.7.